The van der Waals surface area contributed by atoms with Crippen molar-refractivity contribution in [2.24, 2.45) is 0 Å². The van der Waals surface area contributed by atoms with Crippen LogP contribution in [0, 0.1) is 0 Å². The van der Waals surface area contributed by atoms with Gasteiger partial charge in [-0.05, 0) is 55.0 Å². The van der Waals surface area contributed by atoms with Crippen molar-refractivity contribution in [1.82, 2.24) is 15.1 Å². The summed E-state index contributed by atoms with van der Waals surface area (Å²) < 4.78 is 3.18. The van der Waals surface area contributed by atoms with Crippen LogP contribution in [0.25, 0.3) is 0 Å². The van der Waals surface area contributed by atoms with Gasteiger partial charge in [-0.25, -0.2) is 0 Å². The predicted molar refractivity (Wildman–Crippen MR) is 80.1 cm³/mol. The normalized spacial score (nSPS) is 13.2. The van der Waals surface area contributed by atoms with Crippen LogP contribution in [0.1, 0.15) is 36.5 Å². The topological polar surface area (TPSA) is 29.9 Å². The predicted octanol–water partition coefficient (Wildman–Crippen LogP) is 3.79. The van der Waals surface area contributed by atoms with Crippen LogP contribution in [0.4, 0.5) is 0 Å². The van der Waals surface area contributed by atoms with Crippen molar-refractivity contribution in [3.63, 3.8) is 0 Å². The minimum absolute atomic E-state index is 0.330. The fraction of sp³-hybridized carbons (Fsp3) is 0.462. The molecule has 0 aliphatic heterocycles. The zero-order valence-corrected chi connectivity index (χ0v) is 13.3. The number of rotatable bonds is 5. The van der Waals surface area contributed by atoms with Crippen LogP contribution in [-0.2, 0) is 6.42 Å². The lowest BCUT2D eigenvalue weighted by atomic mass is 10.1. The third kappa shape index (κ3) is 3.22. The summed E-state index contributed by atoms with van der Waals surface area (Å²) in [5, 5.41) is 7.96. The van der Waals surface area contributed by atoms with E-state index in [2.05, 4.69) is 64.6 Å². The van der Waals surface area contributed by atoms with E-state index in [0.717, 1.165) is 12.1 Å². The van der Waals surface area contributed by atoms with Gasteiger partial charge in [-0.1, -0.05) is 0 Å². The zero-order chi connectivity index (χ0) is 13.1. The molecule has 0 amide bonds. The maximum Gasteiger partial charge on any atom is 0.0701 e. The third-order valence-corrected chi connectivity index (χ3v) is 4.63. The summed E-state index contributed by atoms with van der Waals surface area (Å²) in [5.74, 6) is 0. The van der Waals surface area contributed by atoms with E-state index in [4.69, 9.17) is 0 Å². The Bertz CT molecular complexity index is 504. The molecule has 3 nitrogen and oxygen atoms in total. The minimum Gasteiger partial charge on any atom is -0.312 e. The largest absolute Gasteiger partial charge is 0.312 e. The average molecular weight is 328 g/mol. The fourth-order valence-electron chi connectivity index (χ4n) is 1.84. The van der Waals surface area contributed by atoms with Gasteiger partial charge in [-0.3, -0.25) is 4.68 Å². The molecule has 2 aromatic heterocycles. The highest BCUT2D eigenvalue weighted by molar-refractivity contribution is 9.11. The van der Waals surface area contributed by atoms with Crippen molar-refractivity contribution in [1.29, 1.82) is 0 Å². The Morgan fingerprint density at radius 1 is 1.39 bits per heavy atom. The van der Waals surface area contributed by atoms with E-state index in [1.54, 1.807) is 11.3 Å². The van der Waals surface area contributed by atoms with Gasteiger partial charge in [-0.15, -0.1) is 11.3 Å². The standard InChI is InChI=1S/C13H18BrN3S/c1-9(2)17-7-6-10(16-17)8-11(15-3)12-4-5-13(14)18-12/h4-7,9,11,15H,8H2,1-3H3. The first-order valence-corrected chi connectivity index (χ1v) is 7.67. The molecule has 18 heavy (non-hydrogen) atoms. The molecule has 0 aromatic carbocycles. The second-order valence-electron chi connectivity index (χ2n) is 4.57. The summed E-state index contributed by atoms with van der Waals surface area (Å²) in [5.41, 5.74) is 1.13. The highest BCUT2D eigenvalue weighted by Crippen LogP contribution is 2.28. The molecule has 98 valence electrons. The lowest BCUT2D eigenvalue weighted by Crippen LogP contribution is -2.18. The van der Waals surface area contributed by atoms with Gasteiger partial charge in [0.15, 0.2) is 0 Å². The lowest BCUT2D eigenvalue weighted by molar-refractivity contribution is 0.516. The number of halogens is 1. The number of aromatic nitrogens is 2. The highest BCUT2D eigenvalue weighted by Gasteiger charge is 2.14. The third-order valence-electron chi connectivity index (χ3n) is 2.89. The van der Waals surface area contributed by atoms with Crippen LogP contribution in [0.15, 0.2) is 28.2 Å². The molecule has 1 N–H and O–H groups in total. The van der Waals surface area contributed by atoms with E-state index in [9.17, 15) is 0 Å². The molecule has 1 atom stereocenters. The van der Waals surface area contributed by atoms with Gasteiger partial charge in [0.25, 0.3) is 0 Å². The number of hydrogen-bond acceptors (Lipinski definition) is 3. The number of nitrogens with zero attached hydrogens (tertiary/aromatic N) is 2. The molecule has 0 fully saturated rings. The molecular weight excluding hydrogens is 310 g/mol. The molecule has 1 unspecified atom stereocenters. The van der Waals surface area contributed by atoms with Crippen molar-refractivity contribution in [3.8, 4) is 0 Å². The van der Waals surface area contributed by atoms with E-state index in [1.807, 2.05) is 11.7 Å². The molecule has 5 heteroatoms. The van der Waals surface area contributed by atoms with E-state index in [0.29, 0.717) is 12.1 Å². The second kappa shape index (κ2) is 5.99. The quantitative estimate of drug-likeness (QED) is 0.905. The Kier molecular flexibility index (Phi) is 4.59. The Balaban J connectivity index is 2.10. The first-order chi connectivity index (χ1) is 8.60. The minimum atomic E-state index is 0.330. The molecule has 0 saturated heterocycles. The summed E-state index contributed by atoms with van der Waals surface area (Å²) in [6.07, 6.45) is 2.97. The highest BCUT2D eigenvalue weighted by atomic mass is 79.9. The van der Waals surface area contributed by atoms with E-state index in [-0.39, 0.29) is 0 Å². The summed E-state index contributed by atoms with van der Waals surface area (Å²) in [7, 11) is 2.00. The maximum absolute atomic E-state index is 4.60. The van der Waals surface area contributed by atoms with Gasteiger partial charge >= 0.3 is 0 Å². The van der Waals surface area contributed by atoms with E-state index < -0.39 is 0 Å². The zero-order valence-electron chi connectivity index (χ0n) is 10.9. The Morgan fingerprint density at radius 2 is 2.17 bits per heavy atom. The van der Waals surface area contributed by atoms with Crippen molar-refractivity contribution >= 4 is 27.3 Å². The fourth-order valence-corrected chi connectivity index (χ4v) is 3.38. The number of hydrogen-bond donors (Lipinski definition) is 1. The van der Waals surface area contributed by atoms with Crippen molar-refractivity contribution in [2.45, 2.75) is 32.4 Å². The molecule has 2 aromatic rings. The molecule has 0 radical (unpaired) electrons. The molecule has 0 aliphatic rings. The summed E-state index contributed by atoms with van der Waals surface area (Å²) >= 11 is 5.28. The summed E-state index contributed by atoms with van der Waals surface area (Å²) in [6.45, 7) is 4.28. The van der Waals surface area contributed by atoms with Gasteiger partial charge in [0.1, 0.15) is 0 Å². The molecule has 0 spiro atoms. The van der Waals surface area contributed by atoms with E-state index in [1.165, 1.54) is 8.66 Å². The Morgan fingerprint density at radius 3 is 2.67 bits per heavy atom. The first-order valence-electron chi connectivity index (χ1n) is 6.06. The molecular formula is C13H18BrN3S. The smallest absolute Gasteiger partial charge is 0.0701 e. The SMILES string of the molecule is CNC(Cc1ccn(C(C)C)n1)c1ccc(Br)s1. The summed E-state index contributed by atoms with van der Waals surface area (Å²) in [4.78, 5) is 1.34. The second-order valence-corrected chi connectivity index (χ2v) is 7.06. The van der Waals surface area contributed by atoms with Crippen molar-refractivity contribution < 1.29 is 0 Å². The van der Waals surface area contributed by atoms with Crippen molar-refractivity contribution in [2.75, 3.05) is 7.05 Å². The lowest BCUT2D eigenvalue weighted by Gasteiger charge is -2.13. The van der Waals surface area contributed by atoms with Crippen LogP contribution in [0.3, 0.4) is 0 Å². The van der Waals surface area contributed by atoms with Gasteiger partial charge < -0.3 is 5.32 Å². The van der Waals surface area contributed by atoms with Gasteiger partial charge in [0.05, 0.1) is 9.48 Å². The first kappa shape index (κ1) is 13.8. The van der Waals surface area contributed by atoms with Crippen LogP contribution < -0.4 is 5.32 Å². The van der Waals surface area contributed by atoms with Gasteiger partial charge in [0.2, 0.25) is 0 Å². The van der Waals surface area contributed by atoms with Gasteiger partial charge in [-0.2, -0.15) is 5.10 Å². The van der Waals surface area contributed by atoms with Crippen molar-refractivity contribution in [3.05, 3.63) is 38.8 Å². The Labute approximate surface area is 120 Å². The van der Waals surface area contributed by atoms with E-state index >= 15 is 0 Å². The number of nitrogens with one attached hydrogen (secondary N) is 1. The number of thiophene rings is 1. The number of likely N-dealkylation sites (N-methyl/N-ethyl adjacent to an activating group) is 1. The van der Waals surface area contributed by atoms with Crippen LogP contribution in [-0.4, -0.2) is 16.8 Å². The molecule has 0 aliphatic carbocycles. The molecule has 0 saturated carbocycles. The van der Waals surface area contributed by atoms with Gasteiger partial charge in [0, 0.05) is 29.6 Å². The van der Waals surface area contributed by atoms with Crippen LogP contribution in [0.5, 0.6) is 0 Å². The monoisotopic (exact) mass is 327 g/mol. The average Bonchev–Trinajstić information content (AvgIpc) is 2.94. The summed E-state index contributed by atoms with van der Waals surface area (Å²) in [6, 6.07) is 7.11. The van der Waals surface area contributed by atoms with Crippen LogP contribution in [0.2, 0.25) is 0 Å². The molecule has 0 bridgehead atoms. The van der Waals surface area contributed by atoms with Crippen LogP contribution >= 0.6 is 27.3 Å². The molecule has 2 rings (SSSR count). The molecule has 2 heterocycles. The maximum atomic E-state index is 4.60. The Hall–Kier alpha value is -0.650.